The molecular weight excluding hydrogens is 208 g/mol. The Morgan fingerprint density at radius 3 is 2.80 bits per heavy atom. The van der Waals surface area contributed by atoms with Crippen molar-refractivity contribution in [3.05, 3.63) is 22.4 Å². The monoisotopic (exact) mass is 226 g/mol. The molecule has 1 aromatic heterocycles. The standard InChI is InChI=1S/C12H18O2S/c1-14-11-2-5-12(13,6-3-11)8-10-4-7-15-9-10/h4,7,9,11,13H,2-3,5-6,8H2,1H3. The van der Waals surface area contributed by atoms with Gasteiger partial charge in [-0.3, -0.25) is 0 Å². The molecule has 0 amide bonds. The Morgan fingerprint density at radius 2 is 2.27 bits per heavy atom. The van der Waals surface area contributed by atoms with E-state index in [-0.39, 0.29) is 0 Å². The van der Waals surface area contributed by atoms with Crippen molar-refractivity contribution in [3.8, 4) is 0 Å². The summed E-state index contributed by atoms with van der Waals surface area (Å²) in [5, 5.41) is 14.6. The highest BCUT2D eigenvalue weighted by molar-refractivity contribution is 7.07. The van der Waals surface area contributed by atoms with E-state index in [9.17, 15) is 5.11 Å². The Hall–Kier alpha value is -0.380. The maximum absolute atomic E-state index is 10.4. The predicted molar refractivity (Wildman–Crippen MR) is 62.2 cm³/mol. The van der Waals surface area contributed by atoms with E-state index in [2.05, 4.69) is 16.8 Å². The SMILES string of the molecule is COC1CCC(O)(Cc2ccsc2)CC1. The second kappa shape index (κ2) is 4.64. The molecule has 84 valence electrons. The normalized spacial score (nSPS) is 31.7. The first kappa shape index (κ1) is 11.1. The van der Waals surface area contributed by atoms with E-state index in [1.807, 2.05) is 0 Å². The van der Waals surface area contributed by atoms with Gasteiger partial charge in [-0.15, -0.1) is 0 Å². The first-order valence-corrected chi connectivity index (χ1v) is 6.42. The van der Waals surface area contributed by atoms with Crippen LogP contribution in [0.4, 0.5) is 0 Å². The van der Waals surface area contributed by atoms with Crippen molar-refractivity contribution in [2.75, 3.05) is 7.11 Å². The van der Waals surface area contributed by atoms with Gasteiger partial charge in [0, 0.05) is 13.5 Å². The molecule has 2 rings (SSSR count). The van der Waals surface area contributed by atoms with E-state index >= 15 is 0 Å². The molecule has 1 aliphatic carbocycles. The van der Waals surface area contributed by atoms with Gasteiger partial charge in [-0.1, -0.05) is 0 Å². The van der Waals surface area contributed by atoms with Gasteiger partial charge in [0.05, 0.1) is 11.7 Å². The van der Waals surface area contributed by atoms with Crippen molar-refractivity contribution in [2.24, 2.45) is 0 Å². The molecule has 2 nitrogen and oxygen atoms in total. The quantitative estimate of drug-likeness (QED) is 0.858. The van der Waals surface area contributed by atoms with E-state index in [4.69, 9.17) is 4.74 Å². The van der Waals surface area contributed by atoms with Gasteiger partial charge in [0.25, 0.3) is 0 Å². The highest BCUT2D eigenvalue weighted by Crippen LogP contribution is 2.32. The Balaban J connectivity index is 1.92. The molecule has 0 aromatic carbocycles. The number of aliphatic hydroxyl groups is 1. The van der Waals surface area contributed by atoms with Crippen LogP contribution < -0.4 is 0 Å². The van der Waals surface area contributed by atoms with Gasteiger partial charge >= 0.3 is 0 Å². The molecule has 1 aromatic rings. The number of hydrogen-bond acceptors (Lipinski definition) is 3. The van der Waals surface area contributed by atoms with Crippen LogP contribution in [0.5, 0.6) is 0 Å². The van der Waals surface area contributed by atoms with Crippen LogP contribution in [0.25, 0.3) is 0 Å². The van der Waals surface area contributed by atoms with Crippen LogP contribution in [0.2, 0.25) is 0 Å². The van der Waals surface area contributed by atoms with Gasteiger partial charge in [0.1, 0.15) is 0 Å². The van der Waals surface area contributed by atoms with Crippen LogP contribution in [0.3, 0.4) is 0 Å². The lowest BCUT2D eigenvalue weighted by atomic mass is 9.80. The number of hydrogen-bond donors (Lipinski definition) is 1. The lowest BCUT2D eigenvalue weighted by molar-refractivity contribution is -0.0426. The smallest absolute Gasteiger partial charge is 0.0690 e. The lowest BCUT2D eigenvalue weighted by Gasteiger charge is -2.35. The zero-order valence-electron chi connectivity index (χ0n) is 9.11. The third-order valence-electron chi connectivity index (χ3n) is 3.31. The van der Waals surface area contributed by atoms with Crippen LogP contribution >= 0.6 is 11.3 Å². The first-order valence-electron chi connectivity index (χ1n) is 5.48. The fourth-order valence-electron chi connectivity index (χ4n) is 2.31. The summed E-state index contributed by atoms with van der Waals surface area (Å²) in [5.74, 6) is 0. The Morgan fingerprint density at radius 1 is 1.53 bits per heavy atom. The topological polar surface area (TPSA) is 29.5 Å². The van der Waals surface area contributed by atoms with E-state index in [0.29, 0.717) is 6.10 Å². The van der Waals surface area contributed by atoms with Crippen molar-refractivity contribution in [2.45, 2.75) is 43.8 Å². The largest absolute Gasteiger partial charge is 0.390 e. The third kappa shape index (κ3) is 2.80. The van der Waals surface area contributed by atoms with Gasteiger partial charge in [0.15, 0.2) is 0 Å². The van der Waals surface area contributed by atoms with Crippen LogP contribution in [0, 0.1) is 0 Å². The van der Waals surface area contributed by atoms with Gasteiger partial charge in [-0.2, -0.15) is 11.3 Å². The molecule has 0 bridgehead atoms. The molecule has 1 aliphatic rings. The Kier molecular flexibility index (Phi) is 3.44. The summed E-state index contributed by atoms with van der Waals surface area (Å²) in [4.78, 5) is 0. The molecule has 15 heavy (non-hydrogen) atoms. The Labute approximate surface area is 94.9 Å². The number of rotatable bonds is 3. The van der Waals surface area contributed by atoms with Gasteiger partial charge < -0.3 is 9.84 Å². The van der Waals surface area contributed by atoms with Crippen LogP contribution in [-0.4, -0.2) is 23.9 Å². The average molecular weight is 226 g/mol. The number of ether oxygens (including phenoxy) is 1. The molecule has 0 unspecified atom stereocenters. The fourth-order valence-corrected chi connectivity index (χ4v) is 2.98. The fraction of sp³-hybridized carbons (Fsp3) is 0.667. The summed E-state index contributed by atoms with van der Waals surface area (Å²) in [5.41, 5.74) is 0.772. The number of methoxy groups -OCH3 is 1. The minimum absolute atomic E-state index is 0.354. The molecule has 0 radical (unpaired) electrons. The molecule has 0 saturated heterocycles. The summed E-state index contributed by atoms with van der Waals surface area (Å²) in [7, 11) is 1.76. The van der Waals surface area contributed by atoms with E-state index in [1.54, 1.807) is 18.4 Å². The zero-order valence-corrected chi connectivity index (χ0v) is 9.93. The zero-order chi connectivity index (χ0) is 10.7. The second-order valence-electron chi connectivity index (χ2n) is 4.47. The summed E-state index contributed by atoms with van der Waals surface area (Å²) >= 11 is 1.70. The lowest BCUT2D eigenvalue weighted by Crippen LogP contribution is -2.38. The molecule has 0 atom stereocenters. The van der Waals surface area contributed by atoms with Gasteiger partial charge in [-0.25, -0.2) is 0 Å². The molecule has 1 heterocycles. The van der Waals surface area contributed by atoms with Crippen molar-refractivity contribution >= 4 is 11.3 Å². The molecule has 1 N–H and O–H groups in total. The summed E-state index contributed by atoms with van der Waals surface area (Å²) in [6.07, 6.45) is 4.84. The van der Waals surface area contributed by atoms with Gasteiger partial charge in [0.2, 0.25) is 0 Å². The molecule has 3 heteroatoms. The molecule has 0 aliphatic heterocycles. The van der Waals surface area contributed by atoms with Crippen molar-refractivity contribution in [3.63, 3.8) is 0 Å². The van der Waals surface area contributed by atoms with Crippen molar-refractivity contribution in [1.29, 1.82) is 0 Å². The maximum Gasteiger partial charge on any atom is 0.0690 e. The first-order chi connectivity index (χ1) is 7.22. The highest BCUT2D eigenvalue weighted by Gasteiger charge is 2.33. The van der Waals surface area contributed by atoms with E-state index in [0.717, 1.165) is 32.1 Å². The van der Waals surface area contributed by atoms with Crippen LogP contribution in [0.15, 0.2) is 16.8 Å². The molecule has 0 spiro atoms. The minimum atomic E-state index is -0.490. The average Bonchev–Trinajstić information content (AvgIpc) is 2.71. The maximum atomic E-state index is 10.4. The molecular formula is C12H18O2S. The highest BCUT2D eigenvalue weighted by atomic mass is 32.1. The van der Waals surface area contributed by atoms with Gasteiger partial charge in [-0.05, 0) is 48.1 Å². The predicted octanol–water partition coefficient (Wildman–Crippen LogP) is 2.61. The van der Waals surface area contributed by atoms with Crippen LogP contribution in [0.1, 0.15) is 31.2 Å². The van der Waals surface area contributed by atoms with Crippen LogP contribution in [-0.2, 0) is 11.2 Å². The van der Waals surface area contributed by atoms with E-state index in [1.165, 1.54) is 5.56 Å². The second-order valence-corrected chi connectivity index (χ2v) is 5.25. The molecule has 1 saturated carbocycles. The molecule has 1 fully saturated rings. The van der Waals surface area contributed by atoms with Crippen molar-refractivity contribution in [1.82, 2.24) is 0 Å². The third-order valence-corrected chi connectivity index (χ3v) is 4.04. The summed E-state index contributed by atoms with van der Waals surface area (Å²) in [6.45, 7) is 0. The Bertz CT molecular complexity index is 287. The minimum Gasteiger partial charge on any atom is -0.390 e. The van der Waals surface area contributed by atoms with Crippen molar-refractivity contribution < 1.29 is 9.84 Å². The van der Waals surface area contributed by atoms with E-state index < -0.39 is 5.60 Å². The summed E-state index contributed by atoms with van der Waals surface area (Å²) in [6, 6.07) is 2.10. The summed E-state index contributed by atoms with van der Waals surface area (Å²) < 4.78 is 5.31. The number of thiophene rings is 1.